The van der Waals surface area contributed by atoms with Crippen LogP contribution in [0.15, 0.2) is 0 Å². The first-order valence-corrected chi connectivity index (χ1v) is 5.05. The highest BCUT2D eigenvalue weighted by atomic mass is 16.5. The second-order valence-corrected chi connectivity index (χ2v) is 3.50. The van der Waals surface area contributed by atoms with Crippen LogP contribution in [0.5, 0.6) is 0 Å². The maximum absolute atomic E-state index is 11.2. The maximum atomic E-state index is 11.2. The normalized spacial score (nSPS) is 12.3. The summed E-state index contributed by atoms with van der Waals surface area (Å²) in [6.45, 7) is 4.68. The van der Waals surface area contributed by atoms with Gasteiger partial charge in [0.2, 0.25) is 5.91 Å². The number of nitrogens with zero attached hydrogens (tertiary/aromatic N) is 1. The number of hydrogen-bond acceptors (Lipinski definition) is 4. The summed E-state index contributed by atoms with van der Waals surface area (Å²) in [5.74, 6) is -0.290. The lowest BCUT2D eigenvalue weighted by Gasteiger charge is -2.22. The van der Waals surface area contributed by atoms with Gasteiger partial charge in [0.15, 0.2) is 0 Å². The first-order valence-electron chi connectivity index (χ1n) is 5.05. The molecule has 0 aliphatic heterocycles. The molecule has 0 saturated carbocycles. The van der Waals surface area contributed by atoms with E-state index in [1.54, 1.807) is 0 Å². The number of likely N-dealkylation sites (N-methyl/N-ethyl adjacent to an activating group) is 2. The number of ether oxygens (including phenoxy) is 1. The predicted octanol–water partition coefficient (Wildman–Crippen LogP) is 0.00590. The van der Waals surface area contributed by atoms with E-state index < -0.39 is 0 Å². The lowest BCUT2D eigenvalue weighted by atomic mass is 10.2. The van der Waals surface area contributed by atoms with Crippen molar-refractivity contribution in [2.45, 2.75) is 26.3 Å². The lowest BCUT2D eigenvalue weighted by molar-refractivity contribution is -0.142. The fraction of sp³-hybridized carbons (Fsp3) is 0.800. The molecule has 0 bridgehead atoms. The Labute approximate surface area is 90.8 Å². The Balaban J connectivity index is 3.92. The SMILES string of the molecule is CCNC(=O)CN(C)C(C)CC(=O)OC. The molecular weight excluding hydrogens is 196 g/mol. The third kappa shape index (κ3) is 6.06. The van der Waals surface area contributed by atoms with Gasteiger partial charge in [-0.25, -0.2) is 0 Å². The van der Waals surface area contributed by atoms with Gasteiger partial charge in [0.25, 0.3) is 0 Å². The fourth-order valence-corrected chi connectivity index (χ4v) is 1.12. The van der Waals surface area contributed by atoms with Gasteiger partial charge in [0, 0.05) is 12.6 Å². The number of carbonyl (C=O) groups is 2. The summed E-state index contributed by atoms with van der Waals surface area (Å²) in [6, 6.07) is 0.0000520. The molecule has 5 nitrogen and oxygen atoms in total. The van der Waals surface area contributed by atoms with Crippen molar-refractivity contribution >= 4 is 11.9 Å². The smallest absolute Gasteiger partial charge is 0.307 e. The van der Waals surface area contributed by atoms with Crippen molar-refractivity contribution in [1.82, 2.24) is 10.2 Å². The second kappa shape index (κ2) is 7.23. The maximum Gasteiger partial charge on any atom is 0.307 e. The molecule has 0 aromatic rings. The van der Waals surface area contributed by atoms with E-state index in [1.165, 1.54) is 7.11 Å². The molecule has 1 N–H and O–H groups in total. The molecule has 0 aliphatic carbocycles. The van der Waals surface area contributed by atoms with Crippen molar-refractivity contribution in [3.63, 3.8) is 0 Å². The average molecular weight is 216 g/mol. The van der Waals surface area contributed by atoms with Gasteiger partial charge in [-0.1, -0.05) is 0 Å². The van der Waals surface area contributed by atoms with Gasteiger partial charge in [-0.2, -0.15) is 0 Å². The number of carbonyl (C=O) groups excluding carboxylic acids is 2. The van der Waals surface area contributed by atoms with E-state index in [2.05, 4.69) is 10.1 Å². The van der Waals surface area contributed by atoms with Crippen LogP contribution in [0.25, 0.3) is 0 Å². The number of methoxy groups -OCH3 is 1. The summed E-state index contributed by atoms with van der Waals surface area (Å²) in [5, 5.41) is 2.70. The quantitative estimate of drug-likeness (QED) is 0.635. The zero-order chi connectivity index (χ0) is 11.8. The van der Waals surface area contributed by atoms with Crippen LogP contribution in [0.2, 0.25) is 0 Å². The first kappa shape index (κ1) is 13.9. The zero-order valence-electron chi connectivity index (χ0n) is 9.87. The van der Waals surface area contributed by atoms with Crippen LogP contribution in [-0.4, -0.2) is 50.1 Å². The third-order valence-electron chi connectivity index (χ3n) is 2.21. The highest BCUT2D eigenvalue weighted by Crippen LogP contribution is 2.01. The van der Waals surface area contributed by atoms with E-state index in [9.17, 15) is 9.59 Å². The van der Waals surface area contributed by atoms with Gasteiger partial charge in [-0.05, 0) is 20.9 Å². The molecular formula is C10H20N2O3. The van der Waals surface area contributed by atoms with E-state index in [1.807, 2.05) is 25.8 Å². The van der Waals surface area contributed by atoms with E-state index in [4.69, 9.17) is 0 Å². The predicted molar refractivity (Wildman–Crippen MR) is 57.4 cm³/mol. The molecule has 0 saturated heterocycles. The largest absolute Gasteiger partial charge is 0.469 e. The molecule has 0 fully saturated rings. The summed E-state index contributed by atoms with van der Waals surface area (Å²) < 4.78 is 4.56. The van der Waals surface area contributed by atoms with Crippen LogP contribution in [0.4, 0.5) is 0 Å². The number of hydrogen-bond donors (Lipinski definition) is 1. The van der Waals surface area contributed by atoms with Crippen molar-refractivity contribution < 1.29 is 14.3 Å². The van der Waals surface area contributed by atoms with Crippen LogP contribution >= 0.6 is 0 Å². The molecule has 5 heteroatoms. The number of amides is 1. The molecule has 88 valence electrons. The molecule has 0 heterocycles. The Bertz CT molecular complexity index is 219. The fourth-order valence-electron chi connectivity index (χ4n) is 1.12. The van der Waals surface area contributed by atoms with Crippen molar-refractivity contribution in [3.8, 4) is 0 Å². The van der Waals surface area contributed by atoms with Gasteiger partial charge in [0.1, 0.15) is 0 Å². The van der Waals surface area contributed by atoms with Crippen LogP contribution in [0, 0.1) is 0 Å². The Kier molecular flexibility index (Phi) is 6.70. The molecule has 1 unspecified atom stereocenters. The van der Waals surface area contributed by atoms with Crippen molar-refractivity contribution in [2.24, 2.45) is 0 Å². The number of rotatable bonds is 6. The molecule has 0 spiro atoms. The van der Waals surface area contributed by atoms with Gasteiger partial charge in [0.05, 0.1) is 20.1 Å². The first-order chi connectivity index (χ1) is 7.01. The topological polar surface area (TPSA) is 58.6 Å². The van der Waals surface area contributed by atoms with Gasteiger partial charge < -0.3 is 10.1 Å². The Morgan fingerprint density at radius 1 is 1.47 bits per heavy atom. The van der Waals surface area contributed by atoms with E-state index in [0.717, 1.165) is 0 Å². The average Bonchev–Trinajstić information content (AvgIpc) is 2.17. The van der Waals surface area contributed by atoms with Crippen LogP contribution < -0.4 is 5.32 Å². The van der Waals surface area contributed by atoms with Gasteiger partial charge in [-0.15, -0.1) is 0 Å². The summed E-state index contributed by atoms with van der Waals surface area (Å²) in [7, 11) is 3.17. The Morgan fingerprint density at radius 3 is 2.53 bits per heavy atom. The minimum absolute atomic E-state index is 0.0000520. The highest BCUT2D eigenvalue weighted by molar-refractivity contribution is 5.78. The van der Waals surface area contributed by atoms with Crippen LogP contribution in [0.3, 0.4) is 0 Å². The molecule has 1 atom stereocenters. The second-order valence-electron chi connectivity index (χ2n) is 3.50. The van der Waals surface area contributed by atoms with Crippen molar-refractivity contribution in [2.75, 3.05) is 27.2 Å². The zero-order valence-corrected chi connectivity index (χ0v) is 9.87. The molecule has 0 aromatic carbocycles. The van der Waals surface area contributed by atoms with Crippen molar-refractivity contribution in [1.29, 1.82) is 0 Å². The molecule has 0 aliphatic rings. The monoisotopic (exact) mass is 216 g/mol. The molecule has 0 aromatic heterocycles. The summed E-state index contributed by atoms with van der Waals surface area (Å²) in [4.78, 5) is 24.1. The highest BCUT2D eigenvalue weighted by Gasteiger charge is 2.16. The standard InChI is InChI=1S/C10H20N2O3/c1-5-11-9(13)7-12(3)8(2)6-10(14)15-4/h8H,5-7H2,1-4H3,(H,11,13). The van der Waals surface area contributed by atoms with Crippen molar-refractivity contribution in [3.05, 3.63) is 0 Å². The van der Waals surface area contributed by atoms with E-state index >= 15 is 0 Å². The molecule has 1 amide bonds. The Morgan fingerprint density at radius 2 is 2.07 bits per heavy atom. The van der Waals surface area contributed by atoms with Gasteiger partial charge >= 0.3 is 5.97 Å². The number of nitrogens with one attached hydrogen (secondary N) is 1. The summed E-state index contributed by atoms with van der Waals surface area (Å²) in [5.41, 5.74) is 0. The van der Waals surface area contributed by atoms with E-state index in [0.29, 0.717) is 19.5 Å². The third-order valence-corrected chi connectivity index (χ3v) is 2.21. The van der Waals surface area contributed by atoms with Crippen LogP contribution in [-0.2, 0) is 14.3 Å². The van der Waals surface area contributed by atoms with Crippen LogP contribution in [0.1, 0.15) is 20.3 Å². The number of esters is 1. The molecule has 0 radical (unpaired) electrons. The van der Waals surface area contributed by atoms with Gasteiger partial charge in [-0.3, -0.25) is 14.5 Å². The lowest BCUT2D eigenvalue weighted by Crippen LogP contribution is -2.40. The van der Waals surface area contributed by atoms with E-state index in [-0.39, 0.29) is 17.9 Å². The minimum atomic E-state index is -0.259. The Hall–Kier alpha value is -1.10. The molecule has 0 rings (SSSR count). The minimum Gasteiger partial charge on any atom is -0.469 e. The summed E-state index contributed by atoms with van der Waals surface area (Å²) in [6.07, 6.45) is 0.298. The summed E-state index contributed by atoms with van der Waals surface area (Å²) >= 11 is 0. The molecule has 15 heavy (non-hydrogen) atoms.